The predicted molar refractivity (Wildman–Crippen MR) is 76.8 cm³/mol. The standard InChI is InChI=1S/C17H20O2/c1-13-8-10-16(11-9-13)17(18)14(2)19-12-15-6-4-3-5-7-15/h3-11,14,17-18H,12H2,1-2H3. The minimum Gasteiger partial charge on any atom is -0.386 e. The molecule has 0 saturated heterocycles. The van der Waals surface area contributed by atoms with Crippen LogP contribution in [0.4, 0.5) is 0 Å². The Morgan fingerprint density at radius 1 is 1.00 bits per heavy atom. The van der Waals surface area contributed by atoms with Crippen LogP contribution in [0.15, 0.2) is 54.6 Å². The van der Waals surface area contributed by atoms with Gasteiger partial charge in [-0.1, -0.05) is 60.2 Å². The molecule has 0 fully saturated rings. The molecule has 100 valence electrons. The normalized spacial score (nSPS) is 14.1. The Morgan fingerprint density at radius 2 is 1.63 bits per heavy atom. The van der Waals surface area contributed by atoms with Gasteiger partial charge in [0.05, 0.1) is 12.7 Å². The summed E-state index contributed by atoms with van der Waals surface area (Å²) in [4.78, 5) is 0. The van der Waals surface area contributed by atoms with Crippen LogP contribution in [0.1, 0.15) is 29.7 Å². The number of benzene rings is 2. The van der Waals surface area contributed by atoms with Crippen molar-refractivity contribution >= 4 is 0 Å². The minimum atomic E-state index is -0.593. The van der Waals surface area contributed by atoms with Crippen LogP contribution in [-0.2, 0) is 11.3 Å². The molecule has 2 aromatic rings. The fourth-order valence-corrected chi connectivity index (χ4v) is 1.93. The third-order valence-electron chi connectivity index (χ3n) is 3.22. The van der Waals surface area contributed by atoms with Crippen LogP contribution in [0.5, 0.6) is 0 Å². The summed E-state index contributed by atoms with van der Waals surface area (Å²) < 4.78 is 5.72. The van der Waals surface area contributed by atoms with E-state index >= 15 is 0 Å². The van der Waals surface area contributed by atoms with Crippen LogP contribution in [0.3, 0.4) is 0 Å². The number of ether oxygens (including phenoxy) is 1. The van der Waals surface area contributed by atoms with E-state index < -0.39 is 6.10 Å². The maximum atomic E-state index is 10.2. The van der Waals surface area contributed by atoms with Crippen molar-refractivity contribution in [2.75, 3.05) is 0 Å². The SMILES string of the molecule is Cc1ccc(C(O)C(C)OCc2ccccc2)cc1. The Kier molecular flexibility index (Phi) is 4.72. The number of hydrogen-bond donors (Lipinski definition) is 1. The van der Waals surface area contributed by atoms with E-state index in [1.165, 1.54) is 5.56 Å². The molecular weight excluding hydrogens is 236 g/mol. The zero-order valence-corrected chi connectivity index (χ0v) is 11.4. The van der Waals surface area contributed by atoms with Gasteiger partial charge in [0.25, 0.3) is 0 Å². The van der Waals surface area contributed by atoms with Crippen LogP contribution >= 0.6 is 0 Å². The number of aryl methyl sites for hydroxylation is 1. The quantitative estimate of drug-likeness (QED) is 0.885. The first kappa shape index (κ1) is 13.8. The second-order valence-electron chi connectivity index (χ2n) is 4.86. The number of aliphatic hydroxyl groups excluding tert-OH is 1. The molecule has 0 aromatic heterocycles. The van der Waals surface area contributed by atoms with Gasteiger partial charge in [-0.15, -0.1) is 0 Å². The van der Waals surface area contributed by atoms with E-state index in [-0.39, 0.29) is 6.10 Å². The molecule has 0 heterocycles. The summed E-state index contributed by atoms with van der Waals surface area (Å²) in [6, 6.07) is 17.9. The summed E-state index contributed by atoms with van der Waals surface area (Å²) in [6.07, 6.45) is -0.827. The summed E-state index contributed by atoms with van der Waals surface area (Å²) in [6.45, 7) is 4.45. The first-order chi connectivity index (χ1) is 9.16. The predicted octanol–water partition coefficient (Wildman–Crippen LogP) is 3.63. The van der Waals surface area contributed by atoms with Crippen molar-refractivity contribution in [3.63, 3.8) is 0 Å². The molecule has 0 aliphatic heterocycles. The molecule has 2 rings (SSSR count). The minimum absolute atomic E-state index is 0.233. The van der Waals surface area contributed by atoms with E-state index in [0.717, 1.165) is 11.1 Å². The Bertz CT molecular complexity index is 490. The number of hydrogen-bond acceptors (Lipinski definition) is 2. The first-order valence-electron chi connectivity index (χ1n) is 6.57. The summed E-state index contributed by atoms with van der Waals surface area (Å²) >= 11 is 0. The summed E-state index contributed by atoms with van der Waals surface area (Å²) in [7, 11) is 0. The molecule has 0 saturated carbocycles. The zero-order chi connectivity index (χ0) is 13.7. The van der Waals surface area contributed by atoms with Crippen LogP contribution in [0.2, 0.25) is 0 Å². The van der Waals surface area contributed by atoms with Crippen LogP contribution in [0, 0.1) is 6.92 Å². The van der Waals surface area contributed by atoms with Gasteiger partial charge in [0.2, 0.25) is 0 Å². The lowest BCUT2D eigenvalue weighted by Crippen LogP contribution is -2.18. The lowest BCUT2D eigenvalue weighted by Gasteiger charge is -2.20. The molecule has 2 nitrogen and oxygen atoms in total. The highest BCUT2D eigenvalue weighted by Crippen LogP contribution is 2.20. The summed E-state index contributed by atoms with van der Waals surface area (Å²) in [5.74, 6) is 0. The van der Waals surface area contributed by atoms with Crippen molar-refractivity contribution in [2.45, 2.75) is 32.7 Å². The van der Waals surface area contributed by atoms with Gasteiger partial charge in [-0.25, -0.2) is 0 Å². The molecule has 0 bridgehead atoms. The maximum absolute atomic E-state index is 10.2. The molecule has 0 radical (unpaired) electrons. The van der Waals surface area contributed by atoms with E-state index in [2.05, 4.69) is 0 Å². The van der Waals surface area contributed by atoms with Gasteiger partial charge in [-0.05, 0) is 25.0 Å². The molecule has 1 N–H and O–H groups in total. The van der Waals surface area contributed by atoms with Crippen molar-refractivity contribution in [2.24, 2.45) is 0 Å². The second-order valence-corrected chi connectivity index (χ2v) is 4.86. The fourth-order valence-electron chi connectivity index (χ4n) is 1.93. The molecule has 0 spiro atoms. The molecule has 19 heavy (non-hydrogen) atoms. The van der Waals surface area contributed by atoms with Crippen LogP contribution in [-0.4, -0.2) is 11.2 Å². The molecule has 0 aliphatic rings. The molecule has 2 aromatic carbocycles. The summed E-state index contributed by atoms with van der Waals surface area (Å²) in [5.41, 5.74) is 3.20. The van der Waals surface area contributed by atoms with E-state index in [1.54, 1.807) is 0 Å². The van der Waals surface area contributed by atoms with Gasteiger partial charge in [0.15, 0.2) is 0 Å². The van der Waals surface area contributed by atoms with Crippen molar-refractivity contribution in [3.8, 4) is 0 Å². The van der Waals surface area contributed by atoms with Crippen LogP contribution in [0.25, 0.3) is 0 Å². The van der Waals surface area contributed by atoms with E-state index in [9.17, 15) is 5.11 Å². The fraction of sp³-hybridized carbons (Fsp3) is 0.294. The second kappa shape index (κ2) is 6.50. The van der Waals surface area contributed by atoms with Gasteiger partial charge in [0.1, 0.15) is 6.10 Å². The number of aliphatic hydroxyl groups is 1. The largest absolute Gasteiger partial charge is 0.386 e. The molecule has 0 aliphatic carbocycles. The highest BCUT2D eigenvalue weighted by molar-refractivity contribution is 5.23. The van der Waals surface area contributed by atoms with Gasteiger partial charge < -0.3 is 9.84 Å². The monoisotopic (exact) mass is 256 g/mol. The molecule has 2 atom stereocenters. The smallest absolute Gasteiger partial charge is 0.105 e. The Morgan fingerprint density at radius 3 is 2.26 bits per heavy atom. The van der Waals surface area contributed by atoms with Crippen molar-refractivity contribution in [3.05, 3.63) is 71.3 Å². The molecule has 2 unspecified atom stereocenters. The molecule has 2 heteroatoms. The zero-order valence-electron chi connectivity index (χ0n) is 11.4. The van der Waals surface area contributed by atoms with Crippen molar-refractivity contribution < 1.29 is 9.84 Å². The van der Waals surface area contributed by atoms with Gasteiger partial charge >= 0.3 is 0 Å². The highest BCUT2D eigenvalue weighted by atomic mass is 16.5. The first-order valence-corrected chi connectivity index (χ1v) is 6.57. The lowest BCUT2D eigenvalue weighted by atomic mass is 10.0. The van der Waals surface area contributed by atoms with E-state index in [0.29, 0.717) is 6.61 Å². The van der Waals surface area contributed by atoms with Gasteiger partial charge in [0, 0.05) is 0 Å². The number of rotatable bonds is 5. The summed E-state index contributed by atoms with van der Waals surface area (Å²) in [5, 5.41) is 10.2. The maximum Gasteiger partial charge on any atom is 0.105 e. The Labute approximate surface area is 114 Å². The average Bonchev–Trinajstić information content (AvgIpc) is 2.46. The van der Waals surface area contributed by atoms with E-state index in [4.69, 9.17) is 4.74 Å². The Hall–Kier alpha value is -1.64. The molecule has 0 amide bonds. The van der Waals surface area contributed by atoms with Gasteiger partial charge in [-0.2, -0.15) is 0 Å². The average molecular weight is 256 g/mol. The third kappa shape index (κ3) is 3.91. The van der Waals surface area contributed by atoms with E-state index in [1.807, 2.05) is 68.4 Å². The van der Waals surface area contributed by atoms with Gasteiger partial charge in [-0.3, -0.25) is 0 Å². The van der Waals surface area contributed by atoms with Crippen molar-refractivity contribution in [1.29, 1.82) is 0 Å². The topological polar surface area (TPSA) is 29.5 Å². The lowest BCUT2D eigenvalue weighted by molar-refractivity contribution is -0.0364. The molecular formula is C17H20O2. The van der Waals surface area contributed by atoms with Crippen LogP contribution < -0.4 is 0 Å². The van der Waals surface area contributed by atoms with Crippen molar-refractivity contribution in [1.82, 2.24) is 0 Å². The third-order valence-corrected chi connectivity index (χ3v) is 3.22. The highest BCUT2D eigenvalue weighted by Gasteiger charge is 2.16. The Balaban J connectivity index is 1.92.